The number of rotatable bonds is 3. The summed E-state index contributed by atoms with van der Waals surface area (Å²) in [7, 11) is 0. The van der Waals surface area contributed by atoms with Gasteiger partial charge < -0.3 is 10.6 Å². The smallest absolute Gasteiger partial charge is 0.363 e. The Morgan fingerprint density at radius 3 is 2.52 bits per heavy atom. The van der Waals surface area contributed by atoms with Gasteiger partial charge in [0.25, 0.3) is 5.91 Å². The highest BCUT2D eigenvalue weighted by Gasteiger charge is 2.46. The van der Waals surface area contributed by atoms with Crippen LogP contribution in [0, 0.1) is 0 Å². The van der Waals surface area contributed by atoms with E-state index in [1.165, 1.54) is 6.07 Å². The van der Waals surface area contributed by atoms with Gasteiger partial charge in [0.05, 0.1) is 6.04 Å². The summed E-state index contributed by atoms with van der Waals surface area (Å²) in [6.07, 6.45) is 0.321. The van der Waals surface area contributed by atoms with E-state index in [0.717, 1.165) is 36.8 Å². The molecule has 1 aromatic heterocycles. The number of aromatic nitrogens is 2. The van der Waals surface area contributed by atoms with E-state index in [9.17, 15) is 18.0 Å². The van der Waals surface area contributed by atoms with E-state index in [4.69, 9.17) is 11.6 Å². The molecule has 1 fully saturated rings. The van der Waals surface area contributed by atoms with Gasteiger partial charge in [0, 0.05) is 23.6 Å². The Kier molecular flexibility index (Phi) is 5.46. The Morgan fingerprint density at radius 1 is 1.17 bits per heavy atom. The monoisotopic (exact) mass is 426 g/mol. The van der Waals surface area contributed by atoms with E-state index in [0.29, 0.717) is 10.6 Å². The number of carbonyl (C=O) groups excluding carboxylic acids is 1. The lowest BCUT2D eigenvalue weighted by atomic mass is 9.95. The Bertz CT molecular complexity index is 875. The van der Waals surface area contributed by atoms with Gasteiger partial charge in [0.2, 0.25) is 0 Å². The van der Waals surface area contributed by atoms with Crippen LogP contribution in [0.4, 0.5) is 19.0 Å². The van der Waals surface area contributed by atoms with Crippen LogP contribution in [-0.4, -0.2) is 27.9 Å². The van der Waals surface area contributed by atoms with Crippen molar-refractivity contribution >= 4 is 23.3 Å². The fraction of sp³-hybridized carbons (Fsp3) is 0.500. The van der Waals surface area contributed by atoms with Crippen LogP contribution in [0.3, 0.4) is 0 Å². The van der Waals surface area contributed by atoms with Crippen molar-refractivity contribution in [2.45, 2.75) is 62.8 Å². The number of hydrogen-bond donors (Lipinski definition) is 2. The summed E-state index contributed by atoms with van der Waals surface area (Å²) in [5, 5.41) is 10.5. The number of alkyl halides is 3. The predicted molar refractivity (Wildman–Crippen MR) is 104 cm³/mol. The molecule has 1 saturated carbocycles. The van der Waals surface area contributed by atoms with Gasteiger partial charge in [0.1, 0.15) is 5.82 Å². The summed E-state index contributed by atoms with van der Waals surface area (Å²) in [6.45, 7) is 0. The fourth-order valence-electron chi connectivity index (χ4n) is 4.10. The molecule has 1 aliphatic heterocycles. The molecule has 1 aromatic carbocycles. The third kappa shape index (κ3) is 4.37. The van der Waals surface area contributed by atoms with E-state index < -0.39 is 24.2 Å². The largest absolute Gasteiger partial charge is 0.410 e. The molecule has 2 atom stereocenters. The molecule has 0 bridgehead atoms. The average Bonchev–Trinajstić information content (AvgIpc) is 3.12. The number of amides is 1. The molecule has 0 radical (unpaired) electrons. The number of fused-ring (bicyclic) bond motifs is 1. The van der Waals surface area contributed by atoms with Gasteiger partial charge in [-0.05, 0) is 30.5 Å². The van der Waals surface area contributed by atoms with Crippen LogP contribution >= 0.6 is 11.6 Å². The normalized spacial score (nSPS) is 22.6. The lowest BCUT2D eigenvalue weighted by Crippen LogP contribution is -2.37. The minimum Gasteiger partial charge on any atom is -0.363 e. The second-order valence-electron chi connectivity index (χ2n) is 7.71. The van der Waals surface area contributed by atoms with E-state index in [2.05, 4.69) is 15.7 Å². The molecule has 4 rings (SSSR count). The summed E-state index contributed by atoms with van der Waals surface area (Å²) in [4.78, 5) is 12.6. The maximum Gasteiger partial charge on any atom is 0.410 e. The molecule has 0 saturated heterocycles. The molecule has 9 heteroatoms. The molecule has 2 aromatic rings. The van der Waals surface area contributed by atoms with Gasteiger partial charge in [-0.2, -0.15) is 18.3 Å². The van der Waals surface area contributed by atoms with Gasteiger partial charge in [-0.3, -0.25) is 4.79 Å². The third-order valence-electron chi connectivity index (χ3n) is 5.64. The summed E-state index contributed by atoms with van der Waals surface area (Å²) in [6, 6.07) is 5.80. The fourth-order valence-corrected chi connectivity index (χ4v) is 4.23. The van der Waals surface area contributed by atoms with Crippen LogP contribution in [0.5, 0.6) is 0 Å². The SMILES string of the molecule is O=C(NC1CCCCC1)c1cc2n(n1)C(C(F)(F)F)CC(c1ccc(Cl)cc1)N2. The van der Waals surface area contributed by atoms with Crippen molar-refractivity contribution < 1.29 is 18.0 Å². The second-order valence-corrected chi connectivity index (χ2v) is 8.15. The maximum atomic E-state index is 13.7. The molecule has 156 valence electrons. The standard InChI is InChI=1S/C20H22ClF3N4O/c21-13-8-6-12(7-9-13)15-10-17(20(22,23)24)28-18(26-15)11-16(27-28)19(29)25-14-4-2-1-3-5-14/h6-9,11,14-15,17,26H,1-5,10H2,(H,25,29). The molecule has 29 heavy (non-hydrogen) atoms. The summed E-state index contributed by atoms with van der Waals surface area (Å²) < 4.78 is 42.1. The topological polar surface area (TPSA) is 59.0 Å². The number of anilines is 1. The van der Waals surface area contributed by atoms with Crippen LogP contribution in [0.1, 0.15) is 66.7 Å². The van der Waals surface area contributed by atoms with Crippen molar-refractivity contribution in [3.8, 4) is 0 Å². The summed E-state index contributed by atoms with van der Waals surface area (Å²) in [5.74, 6) is -0.239. The van der Waals surface area contributed by atoms with Crippen molar-refractivity contribution in [1.82, 2.24) is 15.1 Å². The minimum absolute atomic E-state index is 0.00378. The second kappa shape index (κ2) is 7.89. The van der Waals surface area contributed by atoms with Gasteiger partial charge in [-0.25, -0.2) is 4.68 Å². The highest BCUT2D eigenvalue weighted by molar-refractivity contribution is 6.30. The van der Waals surface area contributed by atoms with Crippen molar-refractivity contribution in [3.05, 3.63) is 46.6 Å². The first-order chi connectivity index (χ1) is 13.8. The molecule has 2 heterocycles. The third-order valence-corrected chi connectivity index (χ3v) is 5.89. The average molecular weight is 427 g/mol. The first kappa shape index (κ1) is 20.1. The molecule has 2 unspecified atom stereocenters. The number of carbonyl (C=O) groups is 1. The lowest BCUT2D eigenvalue weighted by Gasteiger charge is -2.33. The molecule has 2 aliphatic rings. The van der Waals surface area contributed by atoms with E-state index in [-0.39, 0.29) is 24.0 Å². The zero-order chi connectivity index (χ0) is 20.6. The van der Waals surface area contributed by atoms with Crippen LogP contribution < -0.4 is 10.6 Å². The molecular formula is C20H22ClF3N4O. The number of nitrogens with zero attached hydrogens (tertiary/aromatic N) is 2. The van der Waals surface area contributed by atoms with Crippen LogP contribution in [0.2, 0.25) is 5.02 Å². The van der Waals surface area contributed by atoms with Crippen molar-refractivity contribution in [2.24, 2.45) is 0 Å². The number of halogens is 4. The Morgan fingerprint density at radius 2 is 1.86 bits per heavy atom. The molecule has 5 nitrogen and oxygen atoms in total. The quantitative estimate of drug-likeness (QED) is 0.703. The number of benzene rings is 1. The molecular weight excluding hydrogens is 405 g/mol. The van der Waals surface area contributed by atoms with Gasteiger partial charge in [-0.15, -0.1) is 0 Å². The Balaban J connectivity index is 1.59. The first-order valence-electron chi connectivity index (χ1n) is 9.80. The Hall–Kier alpha value is -2.22. The molecule has 0 spiro atoms. The van der Waals surface area contributed by atoms with Crippen LogP contribution in [0.15, 0.2) is 30.3 Å². The van der Waals surface area contributed by atoms with E-state index in [1.54, 1.807) is 24.3 Å². The molecule has 1 amide bonds. The maximum absolute atomic E-state index is 13.7. The van der Waals surface area contributed by atoms with Gasteiger partial charge in [0.15, 0.2) is 11.7 Å². The van der Waals surface area contributed by atoms with Crippen LogP contribution in [-0.2, 0) is 0 Å². The summed E-state index contributed by atoms with van der Waals surface area (Å²) >= 11 is 5.89. The summed E-state index contributed by atoms with van der Waals surface area (Å²) in [5.41, 5.74) is 0.702. The first-order valence-corrected chi connectivity index (χ1v) is 10.2. The van der Waals surface area contributed by atoms with E-state index in [1.807, 2.05) is 0 Å². The van der Waals surface area contributed by atoms with Crippen molar-refractivity contribution in [1.29, 1.82) is 0 Å². The zero-order valence-corrected chi connectivity index (χ0v) is 16.4. The minimum atomic E-state index is -4.48. The highest BCUT2D eigenvalue weighted by Crippen LogP contribution is 2.43. The van der Waals surface area contributed by atoms with Crippen molar-refractivity contribution in [2.75, 3.05) is 5.32 Å². The van der Waals surface area contributed by atoms with Crippen molar-refractivity contribution in [3.63, 3.8) is 0 Å². The Labute approximate surface area is 171 Å². The number of hydrogen-bond acceptors (Lipinski definition) is 3. The van der Waals surface area contributed by atoms with Gasteiger partial charge >= 0.3 is 6.18 Å². The predicted octanol–water partition coefficient (Wildman–Crippen LogP) is 5.26. The molecule has 2 N–H and O–H groups in total. The lowest BCUT2D eigenvalue weighted by molar-refractivity contribution is -0.173. The highest BCUT2D eigenvalue weighted by atomic mass is 35.5. The zero-order valence-electron chi connectivity index (χ0n) is 15.7. The van der Waals surface area contributed by atoms with Gasteiger partial charge in [-0.1, -0.05) is 43.0 Å². The van der Waals surface area contributed by atoms with Crippen LogP contribution in [0.25, 0.3) is 0 Å². The van der Waals surface area contributed by atoms with E-state index >= 15 is 0 Å². The number of nitrogens with one attached hydrogen (secondary N) is 2. The molecule has 1 aliphatic carbocycles.